The highest BCUT2D eigenvalue weighted by Gasteiger charge is 2.19. The molecule has 0 aliphatic heterocycles. The molecule has 1 aromatic heterocycles. The molecule has 0 amide bonds. The molecule has 0 aliphatic rings. The molecule has 108 valence electrons. The van der Waals surface area contributed by atoms with Gasteiger partial charge in [0.15, 0.2) is 0 Å². The Morgan fingerprint density at radius 2 is 2.05 bits per heavy atom. The van der Waals surface area contributed by atoms with Gasteiger partial charge in [0, 0.05) is 9.35 Å². The zero-order valence-corrected chi connectivity index (χ0v) is 14.2. The summed E-state index contributed by atoms with van der Waals surface area (Å²) in [5.41, 5.74) is 2.14. The van der Waals surface area contributed by atoms with E-state index < -0.39 is 10.0 Å². The number of anilines is 1. The average Bonchev–Trinajstić information content (AvgIpc) is 2.77. The molecule has 0 aliphatic carbocycles. The van der Waals surface area contributed by atoms with Gasteiger partial charge in [-0.15, -0.1) is 11.3 Å². The number of aliphatic hydroxyl groups is 1. The summed E-state index contributed by atoms with van der Waals surface area (Å²) in [5.74, 6) is 0. The fourth-order valence-electron chi connectivity index (χ4n) is 1.69. The normalized spacial score (nSPS) is 11.6. The number of hydrogen-bond acceptors (Lipinski definition) is 4. The van der Waals surface area contributed by atoms with E-state index in [1.165, 1.54) is 0 Å². The van der Waals surface area contributed by atoms with Crippen LogP contribution in [0, 0.1) is 13.8 Å². The molecule has 0 unspecified atom stereocenters. The topological polar surface area (TPSA) is 66.4 Å². The number of aliphatic hydroxyl groups excluding tert-OH is 1. The SMILES string of the molecule is Cc1cc(S(=O)(=O)Nc2cccc(Br)c2C)sc1CO. The third-order valence-electron chi connectivity index (χ3n) is 2.92. The Kier molecular flexibility index (Phi) is 4.53. The van der Waals surface area contributed by atoms with Crippen LogP contribution in [0.2, 0.25) is 0 Å². The molecular weight excluding hydrogens is 362 g/mol. The Hall–Kier alpha value is -0.890. The predicted molar refractivity (Wildman–Crippen MR) is 84.7 cm³/mol. The second-order valence-corrected chi connectivity index (χ2v) is 8.25. The number of benzene rings is 1. The lowest BCUT2D eigenvalue weighted by molar-refractivity contribution is 0.285. The van der Waals surface area contributed by atoms with E-state index in [0.717, 1.165) is 26.9 Å². The van der Waals surface area contributed by atoms with Crippen molar-refractivity contribution in [3.05, 3.63) is 44.7 Å². The van der Waals surface area contributed by atoms with Crippen molar-refractivity contribution in [1.82, 2.24) is 0 Å². The maximum absolute atomic E-state index is 12.3. The second kappa shape index (κ2) is 5.85. The Morgan fingerprint density at radius 3 is 2.65 bits per heavy atom. The number of sulfonamides is 1. The van der Waals surface area contributed by atoms with Gasteiger partial charge in [-0.25, -0.2) is 8.42 Å². The zero-order valence-electron chi connectivity index (χ0n) is 11.0. The van der Waals surface area contributed by atoms with Gasteiger partial charge in [0.2, 0.25) is 0 Å². The van der Waals surface area contributed by atoms with Crippen molar-refractivity contribution >= 4 is 43.0 Å². The van der Waals surface area contributed by atoms with E-state index in [0.29, 0.717) is 10.6 Å². The summed E-state index contributed by atoms with van der Waals surface area (Å²) in [6.45, 7) is 3.47. The summed E-state index contributed by atoms with van der Waals surface area (Å²) in [4.78, 5) is 0.663. The van der Waals surface area contributed by atoms with Crippen LogP contribution in [0.25, 0.3) is 0 Å². The smallest absolute Gasteiger partial charge is 0.271 e. The molecule has 0 bridgehead atoms. The van der Waals surface area contributed by atoms with Gasteiger partial charge in [-0.3, -0.25) is 4.72 Å². The largest absolute Gasteiger partial charge is 0.391 e. The molecule has 0 atom stereocenters. The second-order valence-electron chi connectivity index (χ2n) is 4.35. The fourth-order valence-corrected chi connectivity index (χ4v) is 4.63. The molecule has 1 aromatic carbocycles. The fraction of sp³-hybridized carbons (Fsp3) is 0.231. The Bertz CT molecular complexity index is 738. The molecule has 2 N–H and O–H groups in total. The third kappa shape index (κ3) is 3.06. The van der Waals surface area contributed by atoms with E-state index in [9.17, 15) is 8.42 Å². The average molecular weight is 376 g/mol. The van der Waals surface area contributed by atoms with Crippen LogP contribution in [-0.2, 0) is 16.6 Å². The molecule has 2 aromatic rings. The van der Waals surface area contributed by atoms with Crippen molar-refractivity contribution < 1.29 is 13.5 Å². The van der Waals surface area contributed by atoms with Crippen molar-refractivity contribution in [1.29, 1.82) is 0 Å². The molecule has 0 saturated heterocycles. The lowest BCUT2D eigenvalue weighted by atomic mass is 10.2. The van der Waals surface area contributed by atoms with Crippen LogP contribution < -0.4 is 4.72 Å². The van der Waals surface area contributed by atoms with E-state index in [1.54, 1.807) is 25.1 Å². The van der Waals surface area contributed by atoms with Crippen molar-refractivity contribution in [3.8, 4) is 0 Å². The summed E-state index contributed by atoms with van der Waals surface area (Å²) in [6, 6.07) is 6.91. The summed E-state index contributed by atoms with van der Waals surface area (Å²) in [6.07, 6.45) is 0. The first-order valence-corrected chi connectivity index (χ1v) is 8.92. The highest BCUT2D eigenvalue weighted by Crippen LogP contribution is 2.30. The molecular formula is C13H14BrNO3S2. The minimum atomic E-state index is -3.63. The molecule has 1 heterocycles. The number of hydrogen-bond donors (Lipinski definition) is 2. The monoisotopic (exact) mass is 375 g/mol. The van der Waals surface area contributed by atoms with Gasteiger partial charge in [0.05, 0.1) is 12.3 Å². The lowest BCUT2D eigenvalue weighted by Crippen LogP contribution is -2.12. The number of thiophene rings is 1. The maximum Gasteiger partial charge on any atom is 0.271 e. The number of aryl methyl sites for hydroxylation is 1. The summed E-state index contributed by atoms with van der Waals surface area (Å²) in [7, 11) is -3.63. The van der Waals surface area contributed by atoms with Crippen molar-refractivity contribution in [3.63, 3.8) is 0 Å². The van der Waals surface area contributed by atoms with Gasteiger partial charge < -0.3 is 5.11 Å². The first kappa shape index (κ1) is 15.5. The van der Waals surface area contributed by atoms with Gasteiger partial charge >= 0.3 is 0 Å². The molecule has 0 saturated carbocycles. The van der Waals surface area contributed by atoms with Crippen LogP contribution >= 0.6 is 27.3 Å². The van der Waals surface area contributed by atoms with Gasteiger partial charge in [-0.1, -0.05) is 22.0 Å². The van der Waals surface area contributed by atoms with Gasteiger partial charge in [-0.05, 0) is 43.2 Å². The summed E-state index contributed by atoms with van der Waals surface area (Å²) in [5, 5.41) is 9.16. The number of nitrogens with one attached hydrogen (secondary N) is 1. The van der Waals surface area contributed by atoms with E-state index >= 15 is 0 Å². The third-order valence-corrected chi connectivity index (χ3v) is 6.84. The minimum absolute atomic E-state index is 0.151. The summed E-state index contributed by atoms with van der Waals surface area (Å²) >= 11 is 4.46. The quantitative estimate of drug-likeness (QED) is 0.859. The first-order valence-electron chi connectivity index (χ1n) is 5.83. The van der Waals surface area contributed by atoms with Crippen LogP contribution in [0.4, 0.5) is 5.69 Å². The van der Waals surface area contributed by atoms with E-state index in [4.69, 9.17) is 5.11 Å². The van der Waals surface area contributed by atoms with E-state index in [2.05, 4.69) is 20.7 Å². The molecule has 0 radical (unpaired) electrons. The van der Waals surface area contributed by atoms with Crippen LogP contribution in [0.3, 0.4) is 0 Å². The van der Waals surface area contributed by atoms with Crippen molar-refractivity contribution in [2.75, 3.05) is 4.72 Å². The molecule has 0 spiro atoms. The molecule has 7 heteroatoms. The highest BCUT2D eigenvalue weighted by molar-refractivity contribution is 9.10. The molecule has 4 nitrogen and oxygen atoms in total. The maximum atomic E-state index is 12.3. The zero-order chi connectivity index (χ0) is 14.9. The molecule has 2 rings (SSSR count). The van der Waals surface area contributed by atoms with Gasteiger partial charge in [0.1, 0.15) is 4.21 Å². The van der Waals surface area contributed by atoms with Gasteiger partial charge in [-0.2, -0.15) is 0 Å². The standard InChI is InChI=1S/C13H14BrNO3S2/c1-8-6-13(19-12(8)7-16)20(17,18)15-11-5-3-4-10(14)9(11)2/h3-6,15-16H,7H2,1-2H3. The molecule has 20 heavy (non-hydrogen) atoms. The molecule has 0 fully saturated rings. The van der Waals surface area contributed by atoms with Crippen LogP contribution in [0.1, 0.15) is 16.0 Å². The number of rotatable bonds is 4. The first-order chi connectivity index (χ1) is 9.35. The van der Waals surface area contributed by atoms with Crippen molar-refractivity contribution in [2.45, 2.75) is 24.7 Å². The van der Waals surface area contributed by atoms with E-state index in [-0.39, 0.29) is 10.8 Å². The van der Waals surface area contributed by atoms with Crippen LogP contribution in [0.5, 0.6) is 0 Å². The lowest BCUT2D eigenvalue weighted by Gasteiger charge is -2.10. The predicted octanol–water partition coefficient (Wildman–Crippen LogP) is 3.42. The Balaban J connectivity index is 2.38. The number of halogens is 1. The van der Waals surface area contributed by atoms with Crippen LogP contribution in [-0.4, -0.2) is 13.5 Å². The van der Waals surface area contributed by atoms with Crippen LogP contribution in [0.15, 0.2) is 32.9 Å². The Morgan fingerprint density at radius 1 is 1.35 bits per heavy atom. The highest BCUT2D eigenvalue weighted by atomic mass is 79.9. The Labute approximate surface area is 130 Å². The van der Waals surface area contributed by atoms with Crippen molar-refractivity contribution in [2.24, 2.45) is 0 Å². The van der Waals surface area contributed by atoms with Gasteiger partial charge in [0.25, 0.3) is 10.0 Å². The summed E-state index contributed by atoms with van der Waals surface area (Å²) < 4.78 is 28.3. The van der Waals surface area contributed by atoms with E-state index in [1.807, 2.05) is 13.0 Å². The minimum Gasteiger partial charge on any atom is -0.391 e.